The molecule has 2 heterocycles. The first-order chi connectivity index (χ1) is 13.5. The fourth-order valence-corrected chi connectivity index (χ4v) is 3.54. The molecule has 6 nitrogen and oxygen atoms in total. The fraction of sp³-hybridized carbons (Fsp3) is 0.364. The maximum Gasteiger partial charge on any atom is 0.255 e. The van der Waals surface area contributed by atoms with Gasteiger partial charge in [-0.05, 0) is 39.7 Å². The highest BCUT2D eigenvalue weighted by molar-refractivity contribution is 5.99. The molecule has 1 aliphatic carbocycles. The predicted octanol–water partition coefficient (Wildman–Crippen LogP) is 3.48. The van der Waals surface area contributed by atoms with Crippen LogP contribution in [0.15, 0.2) is 42.6 Å². The average molecular weight is 375 g/mol. The predicted molar refractivity (Wildman–Crippen MR) is 108 cm³/mol. The van der Waals surface area contributed by atoms with Gasteiger partial charge in [0.05, 0.1) is 17.0 Å². The van der Waals surface area contributed by atoms with Crippen LogP contribution in [0.2, 0.25) is 0 Å². The Balaban J connectivity index is 1.50. The molecule has 1 aliphatic rings. The molecule has 0 atom stereocenters. The lowest BCUT2D eigenvalue weighted by Gasteiger charge is -2.18. The summed E-state index contributed by atoms with van der Waals surface area (Å²) < 4.78 is 2.05. The van der Waals surface area contributed by atoms with Crippen LogP contribution in [0.5, 0.6) is 0 Å². The van der Waals surface area contributed by atoms with E-state index in [1.165, 1.54) is 0 Å². The summed E-state index contributed by atoms with van der Waals surface area (Å²) in [5, 5.41) is 7.69. The smallest absolute Gasteiger partial charge is 0.255 e. The van der Waals surface area contributed by atoms with Gasteiger partial charge in [-0.25, -0.2) is 9.97 Å². The van der Waals surface area contributed by atoms with Gasteiger partial charge in [0.2, 0.25) is 0 Å². The van der Waals surface area contributed by atoms with E-state index in [4.69, 9.17) is 0 Å². The molecule has 0 spiro atoms. The van der Waals surface area contributed by atoms with Crippen molar-refractivity contribution in [1.82, 2.24) is 25.1 Å². The molecular weight excluding hydrogens is 350 g/mol. The van der Waals surface area contributed by atoms with Gasteiger partial charge in [0.25, 0.3) is 5.91 Å². The zero-order valence-electron chi connectivity index (χ0n) is 16.6. The SMILES string of the molecule is Cc1cc(C)n(CC2(CNC(=O)c3cnc(C)nc3-c3ccccc3)CC2)n1. The zero-order valence-corrected chi connectivity index (χ0v) is 16.6. The molecule has 6 heteroatoms. The Morgan fingerprint density at radius 1 is 1.18 bits per heavy atom. The van der Waals surface area contributed by atoms with Gasteiger partial charge >= 0.3 is 0 Å². The maximum atomic E-state index is 12.9. The molecule has 2 aromatic heterocycles. The lowest BCUT2D eigenvalue weighted by Crippen LogP contribution is -2.33. The third kappa shape index (κ3) is 3.81. The molecule has 0 unspecified atom stereocenters. The summed E-state index contributed by atoms with van der Waals surface area (Å²) in [6.07, 6.45) is 3.82. The summed E-state index contributed by atoms with van der Waals surface area (Å²) in [5.74, 6) is 0.525. The first-order valence-electron chi connectivity index (χ1n) is 9.64. The van der Waals surface area contributed by atoms with Gasteiger partial charge in [-0.15, -0.1) is 0 Å². The monoisotopic (exact) mass is 375 g/mol. The van der Waals surface area contributed by atoms with Gasteiger partial charge in [-0.1, -0.05) is 30.3 Å². The Morgan fingerprint density at radius 2 is 1.93 bits per heavy atom. The van der Waals surface area contributed by atoms with E-state index in [-0.39, 0.29) is 11.3 Å². The molecule has 0 radical (unpaired) electrons. The first kappa shape index (κ1) is 18.3. The number of aromatic nitrogens is 4. The lowest BCUT2D eigenvalue weighted by atomic mass is 10.0. The quantitative estimate of drug-likeness (QED) is 0.716. The van der Waals surface area contributed by atoms with Gasteiger partial charge in [-0.3, -0.25) is 9.48 Å². The molecule has 3 aromatic rings. The number of carbonyl (C=O) groups excluding carboxylic acids is 1. The van der Waals surface area contributed by atoms with Crippen molar-refractivity contribution in [3.05, 3.63) is 65.4 Å². The van der Waals surface area contributed by atoms with Crippen molar-refractivity contribution in [3.63, 3.8) is 0 Å². The zero-order chi connectivity index (χ0) is 19.7. The van der Waals surface area contributed by atoms with Crippen molar-refractivity contribution >= 4 is 5.91 Å². The van der Waals surface area contributed by atoms with E-state index in [1.54, 1.807) is 6.20 Å². The van der Waals surface area contributed by atoms with Crippen LogP contribution in [-0.2, 0) is 6.54 Å². The van der Waals surface area contributed by atoms with Gasteiger partial charge in [0.15, 0.2) is 0 Å². The molecule has 1 amide bonds. The minimum Gasteiger partial charge on any atom is -0.351 e. The minimum absolute atomic E-state index is 0.0946. The summed E-state index contributed by atoms with van der Waals surface area (Å²) in [4.78, 5) is 21.7. The number of aryl methyl sites for hydroxylation is 3. The first-order valence-corrected chi connectivity index (χ1v) is 9.64. The molecule has 1 N–H and O–H groups in total. The Labute approximate surface area is 165 Å². The summed E-state index contributed by atoms with van der Waals surface area (Å²) in [6, 6.07) is 11.9. The van der Waals surface area contributed by atoms with Crippen molar-refractivity contribution in [2.75, 3.05) is 6.54 Å². The van der Waals surface area contributed by atoms with Crippen LogP contribution in [-0.4, -0.2) is 32.2 Å². The molecular formula is C22H25N5O. The summed E-state index contributed by atoms with van der Waals surface area (Å²) in [7, 11) is 0. The Hall–Kier alpha value is -3.02. The highest BCUT2D eigenvalue weighted by Crippen LogP contribution is 2.46. The van der Waals surface area contributed by atoms with E-state index in [0.29, 0.717) is 23.6 Å². The van der Waals surface area contributed by atoms with Crippen molar-refractivity contribution in [2.24, 2.45) is 5.41 Å². The number of hydrogen-bond acceptors (Lipinski definition) is 4. The van der Waals surface area contributed by atoms with Crippen molar-refractivity contribution in [3.8, 4) is 11.3 Å². The van der Waals surface area contributed by atoms with Crippen LogP contribution in [0.4, 0.5) is 0 Å². The molecule has 0 saturated heterocycles. The second-order valence-corrected chi connectivity index (χ2v) is 7.81. The van der Waals surface area contributed by atoms with Crippen LogP contribution < -0.4 is 5.32 Å². The molecule has 0 bridgehead atoms. The highest BCUT2D eigenvalue weighted by Gasteiger charge is 2.43. The maximum absolute atomic E-state index is 12.9. The summed E-state index contributed by atoms with van der Waals surface area (Å²) in [5.41, 5.74) is 4.39. The molecule has 4 rings (SSSR count). The molecule has 0 aliphatic heterocycles. The van der Waals surface area contributed by atoms with Gasteiger partial charge < -0.3 is 5.32 Å². The molecule has 28 heavy (non-hydrogen) atoms. The van der Waals surface area contributed by atoms with Crippen LogP contribution in [0.3, 0.4) is 0 Å². The van der Waals surface area contributed by atoms with Gasteiger partial charge in [-0.2, -0.15) is 5.10 Å². The molecule has 144 valence electrons. The van der Waals surface area contributed by atoms with Crippen LogP contribution in [0.25, 0.3) is 11.3 Å². The van der Waals surface area contributed by atoms with E-state index in [9.17, 15) is 4.79 Å². The van der Waals surface area contributed by atoms with Crippen molar-refractivity contribution < 1.29 is 4.79 Å². The summed E-state index contributed by atoms with van der Waals surface area (Å²) in [6.45, 7) is 7.38. The average Bonchev–Trinajstić information content (AvgIpc) is 3.38. The topological polar surface area (TPSA) is 72.7 Å². The Bertz CT molecular complexity index is 1010. The third-order valence-corrected chi connectivity index (χ3v) is 5.37. The highest BCUT2D eigenvalue weighted by atomic mass is 16.1. The lowest BCUT2D eigenvalue weighted by molar-refractivity contribution is 0.0942. The van der Waals surface area contributed by atoms with E-state index < -0.39 is 0 Å². The Morgan fingerprint density at radius 3 is 2.57 bits per heavy atom. The summed E-state index contributed by atoms with van der Waals surface area (Å²) >= 11 is 0. The largest absolute Gasteiger partial charge is 0.351 e. The van der Waals surface area contributed by atoms with E-state index in [1.807, 2.05) is 44.2 Å². The van der Waals surface area contributed by atoms with Crippen LogP contribution >= 0.6 is 0 Å². The van der Waals surface area contributed by atoms with E-state index in [0.717, 1.165) is 36.3 Å². The number of hydrogen-bond donors (Lipinski definition) is 1. The second kappa shape index (κ2) is 7.19. The number of nitrogens with one attached hydrogen (secondary N) is 1. The number of carbonyl (C=O) groups is 1. The second-order valence-electron chi connectivity index (χ2n) is 7.81. The van der Waals surface area contributed by atoms with Gasteiger partial charge in [0.1, 0.15) is 5.82 Å². The number of benzene rings is 1. The van der Waals surface area contributed by atoms with E-state index in [2.05, 4.69) is 38.1 Å². The third-order valence-electron chi connectivity index (χ3n) is 5.37. The minimum atomic E-state index is -0.126. The van der Waals surface area contributed by atoms with Crippen LogP contribution in [0, 0.1) is 26.2 Å². The number of amides is 1. The van der Waals surface area contributed by atoms with Gasteiger partial charge in [0, 0.05) is 36.0 Å². The standard InChI is InChI=1S/C22H25N5O/c1-15-11-16(2)27(26-15)14-22(9-10-22)13-24-21(28)19-12-23-17(3)25-20(19)18-7-5-4-6-8-18/h4-8,11-12H,9-10,13-14H2,1-3H3,(H,24,28). The number of nitrogens with zero attached hydrogens (tertiary/aromatic N) is 4. The molecule has 1 fully saturated rings. The fourth-order valence-electron chi connectivity index (χ4n) is 3.54. The normalized spacial score (nSPS) is 14.7. The van der Waals surface area contributed by atoms with Crippen LogP contribution in [0.1, 0.15) is 40.4 Å². The number of rotatable bonds is 6. The molecule has 1 saturated carbocycles. The van der Waals surface area contributed by atoms with Crippen molar-refractivity contribution in [2.45, 2.75) is 40.2 Å². The van der Waals surface area contributed by atoms with E-state index >= 15 is 0 Å². The van der Waals surface area contributed by atoms with Crippen molar-refractivity contribution in [1.29, 1.82) is 0 Å². The Kier molecular flexibility index (Phi) is 4.71. The molecule has 1 aromatic carbocycles.